The maximum Gasteiger partial charge on any atom is 0.0942 e. The molecule has 0 aliphatic carbocycles. The van der Waals surface area contributed by atoms with Gasteiger partial charge in [-0.05, 0) is 36.4 Å². The van der Waals surface area contributed by atoms with Crippen LogP contribution >= 0.6 is 23.4 Å². The van der Waals surface area contributed by atoms with Gasteiger partial charge in [0.25, 0.3) is 0 Å². The van der Waals surface area contributed by atoms with Crippen LogP contribution in [0.3, 0.4) is 0 Å². The molecule has 0 radical (unpaired) electrons. The molecule has 0 spiro atoms. The van der Waals surface area contributed by atoms with E-state index in [0.29, 0.717) is 5.69 Å². The second-order valence-electron chi connectivity index (χ2n) is 4.11. The lowest BCUT2D eigenvalue weighted by molar-refractivity contribution is 1.38. The van der Waals surface area contributed by atoms with E-state index in [9.17, 15) is 0 Å². The Balaban J connectivity index is 2.09. The molecule has 2 nitrogen and oxygen atoms in total. The number of benzene rings is 2. The molecular formula is C15H11ClN2S. The third-order valence-electron chi connectivity index (χ3n) is 2.78. The number of pyridine rings is 1. The molecule has 3 aromatic rings. The van der Waals surface area contributed by atoms with E-state index in [-0.39, 0.29) is 0 Å². The van der Waals surface area contributed by atoms with Crippen molar-refractivity contribution >= 4 is 40.0 Å². The Bertz CT molecular complexity index is 743. The zero-order valence-electron chi connectivity index (χ0n) is 10.0. The Morgan fingerprint density at radius 3 is 2.79 bits per heavy atom. The smallest absolute Gasteiger partial charge is 0.0942 e. The van der Waals surface area contributed by atoms with Gasteiger partial charge in [0.15, 0.2) is 0 Å². The van der Waals surface area contributed by atoms with E-state index in [1.54, 1.807) is 18.0 Å². The Morgan fingerprint density at radius 1 is 1.05 bits per heavy atom. The molecule has 2 aromatic carbocycles. The summed E-state index contributed by atoms with van der Waals surface area (Å²) in [6.07, 6.45) is 1.76. The van der Waals surface area contributed by atoms with E-state index < -0.39 is 0 Å². The average molecular weight is 287 g/mol. The largest absolute Gasteiger partial charge is 0.397 e. The number of nitrogen functional groups attached to an aromatic ring is 1. The Kier molecular flexibility index (Phi) is 3.32. The SMILES string of the molecule is Nc1ccc(Sc2cccc(Cl)c2)c2cccnc12. The molecule has 0 aliphatic heterocycles. The summed E-state index contributed by atoms with van der Waals surface area (Å²) in [6.45, 7) is 0. The Morgan fingerprint density at radius 2 is 1.95 bits per heavy atom. The van der Waals surface area contributed by atoms with E-state index in [4.69, 9.17) is 17.3 Å². The number of nitrogens with two attached hydrogens (primary N) is 1. The number of aromatic nitrogens is 1. The zero-order chi connectivity index (χ0) is 13.2. The van der Waals surface area contributed by atoms with Gasteiger partial charge >= 0.3 is 0 Å². The summed E-state index contributed by atoms with van der Waals surface area (Å²) < 4.78 is 0. The predicted molar refractivity (Wildman–Crippen MR) is 81.7 cm³/mol. The highest BCUT2D eigenvalue weighted by atomic mass is 35.5. The second-order valence-corrected chi connectivity index (χ2v) is 5.66. The number of anilines is 1. The lowest BCUT2D eigenvalue weighted by Gasteiger charge is -2.08. The van der Waals surface area contributed by atoms with E-state index >= 15 is 0 Å². The van der Waals surface area contributed by atoms with Crippen LogP contribution in [-0.4, -0.2) is 4.98 Å². The van der Waals surface area contributed by atoms with Crippen LogP contribution in [0.25, 0.3) is 10.9 Å². The lowest BCUT2D eigenvalue weighted by Crippen LogP contribution is -1.90. The normalized spacial score (nSPS) is 10.8. The van der Waals surface area contributed by atoms with Gasteiger partial charge in [0.1, 0.15) is 0 Å². The van der Waals surface area contributed by atoms with Crippen molar-refractivity contribution in [1.29, 1.82) is 0 Å². The van der Waals surface area contributed by atoms with Crippen molar-refractivity contribution in [2.24, 2.45) is 0 Å². The average Bonchev–Trinajstić information content (AvgIpc) is 2.42. The number of halogens is 1. The molecule has 94 valence electrons. The zero-order valence-corrected chi connectivity index (χ0v) is 11.6. The van der Waals surface area contributed by atoms with Crippen LogP contribution in [0.5, 0.6) is 0 Å². The third-order valence-corrected chi connectivity index (χ3v) is 4.09. The second kappa shape index (κ2) is 5.11. The molecule has 0 unspecified atom stereocenters. The van der Waals surface area contributed by atoms with Gasteiger partial charge in [0.2, 0.25) is 0 Å². The van der Waals surface area contributed by atoms with Gasteiger partial charge in [-0.25, -0.2) is 0 Å². The molecule has 0 saturated carbocycles. The Labute approximate surface area is 120 Å². The summed E-state index contributed by atoms with van der Waals surface area (Å²) in [5.41, 5.74) is 7.49. The molecule has 0 amide bonds. The van der Waals surface area contributed by atoms with Gasteiger partial charge < -0.3 is 5.73 Å². The summed E-state index contributed by atoms with van der Waals surface area (Å²) in [6, 6.07) is 15.7. The van der Waals surface area contributed by atoms with Gasteiger partial charge in [-0.1, -0.05) is 35.5 Å². The number of fused-ring (bicyclic) bond motifs is 1. The molecule has 0 aliphatic rings. The lowest BCUT2D eigenvalue weighted by atomic mass is 10.2. The molecule has 1 heterocycles. The highest BCUT2D eigenvalue weighted by Crippen LogP contribution is 2.35. The standard InChI is InChI=1S/C15H11ClN2S/c16-10-3-1-4-11(9-10)19-14-7-6-13(17)15-12(14)5-2-8-18-15/h1-9H,17H2. The van der Waals surface area contributed by atoms with Crippen LogP contribution in [0, 0.1) is 0 Å². The van der Waals surface area contributed by atoms with Gasteiger partial charge in [-0.3, -0.25) is 4.98 Å². The van der Waals surface area contributed by atoms with Crippen molar-refractivity contribution < 1.29 is 0 Å². The quantitative estimate of drug-likeness (QED) is 0.699. The van der Waals surface area contributed by atoms with Crippen LogP contribution < -0.4 is 5.73 Å². The van der Waals surface area contributed by atoms with Crippen molar-refractivity contribution in [2.45, 2.75) is 9.79 Å². The van der Waals surface area contributed by atoms with Crippen molar-refractivity contribution in [3.05, 3.63) is 59.8 Å². The van der Waals surface area contributed by atoms with Crippen LogP contribution in [0.1, 0.15) is 0 Å². The molecule has 2 N–H and O–H groups in total. The maximum atomic E-state index is 6.01. The summed E-state index contributed by atoms with van der Waals surface area (Å²) in [4.78, 5) is 6.56. The van der Waals surface area contributed by atoms with Crippen LogP contribution in [-0.2, 0) is 0 Å². The van der Waals surface area contributed by atoms with Crippen LogP contribution in [0.4, 0.5) is 5.69 Å². The van der Waals surface area contributed by atoms with Crippen molar-refractivity contribution in [1.82, 2.24) is 4.98 Å². The predicted octanol–water partition coefficient (Wildman–Crippen LogP) is 4.62. The monoisotopic (exact) mass is 286 g/mol. The first-order valence-corrected chi connectivity index (χ1v) is 7.00. The minimum atomic E-state index is 0.700. The number of rotatable bonds is 2. The highest BCUT2D eigenvalue weighted by molar-refractivity contribution is 7.99. The number of hydrogen-bond donors (Lipinski definition) is 1. The van der Waals surface area contributed by atoms with Gasteiger partial charge in [-0.2, -0.15) is 0 Å². The maximum absolute atomic E-state index is 6.01. The summed E-state index contributed by atoms with van der Waals surface area (Å²) in [5, 5.41) is 1.80. The molecule has 3 rings (SSSR count). The minimum absolute atomic E-state index is 0.700. The van der Waals surface area contributed by atoms with Gasteiger partial charge in [0, 0.05) is 26.4 Å². The van der Waals surface area contributed by atoms with Crippen LogP contribution in [0.2, 0.25) is 5.02 Å². The highest BCUT2D eigenvalue weighted by Gasteiger charge is 2.06. The first-order valence-electron chi connectivity index (χ1n) is 5.81. The fourth-order valence-corrected chi connectivity index (χ4v) is 3.17. The molecule has 1 aromatic heterocycles. The fourth-order valence-electron chi connectivity index (χ4n) is 1.91. The van der Waals surface area contributed by atoms with E-state index in [1.165, 1.54) is 0 Å². The molecule has 4 heteroatoms. The van der Waals surface area contributed by atoms with E-state index in [1.807, 2.05) is 48.5 Å². The van der Waals surface area contributed by atoms with Gasteiger partial charge in [0.05, 0.1) is 11.2 Å². The minimum Gasteiger partial charge on any atom is -0.397 e. The number of hydrogen-bond acceptors (Lipinski definition) is 3. The summed E-state index contributed by atoms with van der Waals surface area (Å²) in [7, 11) is 0. The molecule has 0 fully saturated rings. The van der Waals surface area contributed by atoms with Crippen molar-refractivity contribution in [3.8, 4) is 0 Å². The van der Waals surface area contributed by atoms with Gasteiger partial charge in [-0.15, -0.1) is 0 Å². The first kappa shape index (κ1) is 12.3. The molecule has 0 saturated heterocycles. The summed E-state index contributed by atoms with van der Waals surface area (Å²) in [5.74, 6) is 0. The van der Waals surface area contributed by atoms with E-state index in [2.05, 4.69) is 4.98 Å². The third kappa shape index (κ3) is 2.53. The molecule has 19 heavy (non-hydrogen) atoms. The first-order chi connectivity index (χ1) is 9.24. The molecule has 0 atom stereocenters. The molecular weight excluding hydrogens is 276 g/mol. The molecule has 0 bridgehead atoms. The van der Waals surface area contributed by atoms with Crippen LogP contribution in [0.15, 0.2) is 64.5 Å². The summed E-state index contributed by atoms with van der Waals surface area (Å²) >= 11 is 7.67. The van der Waals surface area contributed by atoms with Crippen molar-refractivity contribution in [3.63, 3.8) is 0 Å². The van der Waals surface area contributed by atoms with E-state index in [0.717, 1.165) is 25.7 Å². The fraction of sp³-hybridized carbons (Fsp3) is 0. The number of nitrogens with zero attached hydrogens (tertiary/aromatic N) is 1. The topological polar surface area (TPSA) is 38.9 Å². The Hall–Kier alpha value is -1.71. The van der Waals surface area contributed by atoms with Crippen molar-refractivity contribution in [2.75, 3.05) is 5.73 Å².